The summed E-state index contributed by atoms with van der Waals surface area (Å²) in [5.41, 5.74) is 8.55. The first-order chi connectivity index (χ1) is 9.06. The third-order valence-electron chi connectivity index (χ3n) is 2.89. The zero-order valence-electron chi connectivity index (χ0n) is 11.5. The lowest BCUT2D eigenvalue weighted by atomic mass is 10.2. The van der Waals surface area contributed by atoms with Gasteiger partial charge in [-0.1, -0.05) is 5.16 Å². The quantitative estimate of drug-likeness (QED) is 0.892. The highest BCUT2D eigenvalue weighted by Gasteiger charge is 2.09. The van der Waals surface area contributed by atoms with E-state index >= 15 is 0 Å². The number of rotatable bonds is 5. The maximum absolute atomic E-state index is 5.73. The molecule has 0 saturated heterocycles. The van der Waals surface area contributed by atoms with E-state index in [1.807, 2.05) is 32.9 Å². The molecule has 0 saturated carbocycles. The number of nitrogens with two attached hydrogens (primary N) is 1. The van der Waals surface area contributed by atoms with Crippen LogP contribution in [0.1, 0.15) is 29.6 Å². The zero-order valence-corrected chi connectivity index (χ0v) is 11.5. The number of pyridine rings is 1. The number of aromatic nitrogens is 2. The molecule has 1 unspecified atom stereocenters. The first-order valence-electron chi connectivity index (χ1n) is 6.31. The van der Waals surface area contributed by atoms with Gasteiger partial charge in [0.25, 0.3) is 0 Å². The summed E-state index contributed by atoms with van der Waals surface area (Å²) in [6, 6.07) is 3.95. The molecule has 102 valence electrons. The topological polar surface area (TPSA) is 74.2 Å². The normalized spacial score (nSPS) is 12.4. The van der Waals surface area contributed by atoms with Crippen molar-refractivity contribution in [2.75, 3.05) is 0 Å². The van der Waals surface area contributed by atoms with E-state index in [0.717, 1.165) is 34.9 Å². The van der Waals surface area contributed by atoms with E-state index in [1.165, 1.54) is 0 Å². The lowest BCUT2D eigenvalue weighted by Crippen LogP contribution is -2.18. The van der Waals surface area contributed by atoms with Gasteiger partial charge in [-0.3, -0.25) is 4.98 Å². The Morgan fingerprint density at radius 1 is 1.37 bits per heavy atom. The average Bonchev–Trinajstić information content (AvgIpc) is 2.68. The minimum atomic E-state index is 0.113. The summed E-state index contributed by atoms with van der Waals surface area (Å²) in [6.07, 6.45) is 2.49. The molecule has 0 amide bonds. The Balaban J connectivity index is 1.97. The molecular weight excluding hydrogens is 242 g/mol. The van der Waals surface area contributed by atoms with Gasteiger partial charge in [-0.05, 0) is 32.9 Å². The van der Waals surface area contributed by atoms with E-state index < -0.39 is 0 Å². The fourth-order valence-electron chi connectivity index (χ4n) is 1.81. The van der Waals surface area contributed by atoms with E-state index in [4.69, 9.17) is 15.0 Å². The van der Waals surface area contributed by atoms with Crippen LogP contribution in [-0.4, -0.2) is 16.2 Å². The highest BCUT2D eigenvalue weighted by molar-refractivity contribution is 5.23. The number of hydrogen-bond donors (Lipinski definition) is 1. The highest BCUT2D eigenvalue weighted by atomic mass is 16.5. The van der Waals surface area contributed by atoms with Crippen molar-refractivity contribution in [2.24, 2.45) is 5.73 Å². The molecule has 0 radical (unpaired) electrons. The van der Waals surface area contributed by atoms with Crippen molar-refractivity contribution in [3.8, 4) is 5.75 Å². The van der Waals surface area contributed by atoms with Crippen LogP contribution in [0, 0.1) is 13.8 Å². The van der Waals surface area contributed by atoms with Crippen molar-refractivity contribution in [1.82, 2.24) is 10.1 Å². The first kappa shape index (κ1) is 13.5. The summed E-state index contributed by atoms with van der Waals surface area (Å²) in [7, 11) is 0. The monoisotopic (exact) mass is 261 g/mol. The van der Waals surface area contributed by atoms with Crippen LogP contribution in [0.15, 0.2) is 22.9 Å². The predicted octanol–water partition coefficient (Wildman–Crippen LogP) is 2.16. The number of ether oxygens (including phenoxy) is 1. The Bertz CT molecular complexity index is 513. The van der Waals surface area contributed by atoms with Crippen LogP contribution < -0.4 is 10.5 Å². The average molecular weight is 261 g/mol. The molecule has 0 aliphatic carbocycles. The SMILES string of the molecule is Cc1noc(C)c1COc1ccc(CC(C)N)nc1. The summed E-state index contributed by atoms with van der Waals surface area (Å²) in [5.74, 6) is 1.52. The van der Waals surface area contributed by atoms with Crippen molar-refractivity contribution in [3.05, 3.63) is 41.0 Å². The van der Waals surface area contributed by atoms with Crippen LogP contribution in [0.2, 0.25) is 0 Å². The Hall–Kier alpha value is -1.88. The molecule has 0 fully saturated rings. The minimum Gasteiger partial charge on any atom is -0.487 e. The van der Waals surface area contributed by atoms with Gasteiger partial charge in [0.15, 0.2) is 0 Å². The molecular formula is C14H19N3O2. The molecule has 5 nitrogen and oxygen atoms in total. The molecule has 0 aliphatic rings. The standard InChI is InChI=1S/C14H19N3O2/c1-9(15)6-12-4-5-13(7-16-12)18-8-14-10(2)17-19-11(14)3/h4-5,7,9H,6,8,15H2,1-3H3. The second-order valence-corrected chi connectivity index (χ2v) is 4.76. The van der Waals surface area contributed by atoms with Crippen LogP contribution in [0.25, 0.3) is 0 Å². The van der Waals surface area contributed by atoms with Crippen molar-refractivity contribution in [2.45, 2.75) is 39.8 Å². The van der Waals surface area contributed by atoms with E-state index in [0.29, 0.717) is 6.61 Å². The van der Waals surface area contributed by atoms with Gasteiger partial charge in [-0.15, -0.1) is 0 Å². The van der Waals surface area contributed by atoms with Gasteiger partial charge in [0, 0.05) is 18.2 Å². The second-order valence-electron chi connectivity index (χ2n) is 4.76. The molecule has 0 aromatic carbocycles. The van der Waals surface area contributed by atoms with E-state index in [9.17, 15) is 0 Å². The molecule has 1 atom stereocenters. The minimum absolute atomic E-state index is 0.113. The molecule has 2 N–H and O–H groups in total. The Morgan fingerprint density at radius 3 is 2.68 bits per heavy atom. The third-order valence-corrected chi connectivity index (χ3v) is 2.89. The molecule has 2 rings (SSSR count). The molecule has 19 heavy (non-hydrogen) atoms. The lowest BCUT2D eigenvalue weighted by Gasteiger charge is -2.07. The van der Waals surface area contributed by atoms with Crippen molar-refractivity contribution >= 4 is 0 Å². The van der Waals surface area contributed by atoms with Gasteiger partial charge in [0.1, 0.15) is 18.1 Å². The summed E-state index contributed by atoms with van der Waals surface area (Å²) in [6.45, 7) is 6.18. The number of nitrogens with zero attached hydrogens (tertiary/aromatic N) is 2. The third kappa shape index (κ3) is 3.54. The summed E-state index contributed by atoms with van der Waals surface area (Å²) in [4.78, 5) is 4.32. The highest BCUT2D eigenvalue weighted by Crippen LogP contribution is 2.16. The van der Waals surface area contributed by atoms with E-state index in [1.54, 1.807) is 6.20 Å². The fraction of sp³-hybridized carbons (Fsp3) is 0.429. The van der Waals surface area contributed by atoms with Gasteiger partial charge in [0.05, 0.1) is 17.5 Å². The molecule has 0 bridgehead atoms. The summed E-state index contributed by atoms with van der Waals surface area (Å²) < 4.78 is 10.8. The zero-order chi connectivity index (χ0) is 13.8. The van der Waals surface area contributed by atoms with Crippen LogP contribution in [-0.2, 0) is 13.0 Å². The van der Waals surface area contributed by atoms with Crippen molar-refractivity contribution in [1.29, 1.82) is 0 Å². The number of aryl methyl sites for hydroxylation is 2. The molecule has 2 aromatic heterocycles. The maximum atomic E-state index is 5.73. The van der Waals surface area contributed by atoms with Crippen LogP contribution in [0.3, 0.4) is 0 Å². The molecule has 2 heterocycles. The number of hydrogen-bond acceptors (Lipinski definition) is 5. The molecule has 2 aromatic rings. The second kappa shape index (κ2) is 5.84. The van der Waals surface area contributed by atoms with Crippen LogP contribution in [0.4, 0.5) is 0 Å². The Morgan fingerprint density at radius 2 is 2.16 bits per heavy atom. The maximum Gasteiger partial charge on any atom is 0.140 e. The van der Waals surface area contributed by atoms with Gasteiger partial charge >= 0.3 is 0 Å². The molecule has 0 spiro atoms. The van der Waals surface area contributed by atoms with Gasteiger partial charge in [0.2, 0.25) is 0 Å². The van der Waals surface area contributed by atoms with Crippen molar-refractivity contribution in [3.63, 3.8) is 0 Å². The van der Waals surface area contributed by atoms with Crippen molar-refractivity contribution < 1.29 is 9.26 Å². The van der Waals surface area contributed by atoms with Crippen LogP contribution >= 0.6 is 0 Å². The molecule has 0 aliphatic heterocycles. The first-order valence-corrected chi connectivity index (χ1v) is 6.31. The Kier molecular flexibility index (Phi) is 4.16. The van der Waals surface area contributed by atoms with Crippen LogP contribution in [0.5, 0.6) is 5.75 Å². The van der Waals surface area contributed by atoms with Gasteiger partial charge < -0.3 is 15.0 Å². The summed E-state index contributed by atoms with van der Waals surface area (Å²) >= 11 is 0. The smallest absolute Gasteiger partial charge is 0.140 e. The molecule has 5 heteroatoms. The predicted molar refractivity (Wildman–Crippen MR) is 71.9 cm³/mol. The largest absolute Gasteiger partial charge is 0.487 e. The van der Waals surface area contributed by atoms with E-state index in [-0.39, 0.29) is 6.04 Å². The fourth-order valence-corrected chi connectivity index (χ4v) is 1.81. The van der Waals surface area contributed by atoms with E-state index in [2.05, 4.69) is 10.1 Å². The van der Waals surface area contributed by atoms with Gasteiger partial charge in [-0.25, -0.2) is 0 Å². The lowest BCUT2D eigenvalue weighted by molar-refractivity contribution is 0.300. The van der Waals surface area contributed by atoms with Gasteiger partial charge in [-0.2, -0.15) is 0 Å². The Labute approximate surface area is 112 Å². The summed E-state index contributed by atoms with van der Waals surface area (Å²) in [5, 5.41) is 3.89.